The van der Waals surface area contributed by atoms with E-state index in [1.807, 2.05) is 0 Å². The van der Waals surface area contributed by atoms with Crippen molar-refractivity contribution in [3.63, 3.8) is 0 Å². The number of nitrogens with one attached hydrogen (secondary N) is 1. The van der Waals surface area contributed by atoms with Crippen LogP contribution in [0.1, 0.15) is 10.4 Å². The highest BCUT2D eigenvalue weighted by molar-refractivity contribution is 5.93. The molecule has 0 aliphatic carbocycles. The molecule has 0 saturated heterocycles. The summed E-state index contributed by atoms with van der Waals surface area (Å²) in [5.41, 5.74) is 5.28. The van der Waals surface area contributed by atoms with Gasteiger partial charge in [-0.3, -0.25) is 4.79 Å². The van der Waals surface area contributed by atoms with Crippen LogP contribution in [0.3, 0.4) is 0 Å². The third-order valence-electron chi connectivity index (χ3n) is 2.04. The highest BCUT2D eigenvalue weighted by atomic mass is 19.1. The summed E-state index contributed by atoms with van der Waals surface area (Å²) in [4.78, 5) is 20.9. The van der Waals surface area contributed by atoms with E-state index in [-0.39, 0.29) is 24.4 Å². The van der Waals surface area contributed by atoms with Gasteiger partial charge in [0.2, 0.25) is 5.91 Å². The Kier molecular flexibility index (Phi) is 5.06. The van der Waals surface area contributed by atoms with E-state index in [1.165, 1.54) is 12.1 Å². The number of aliphatic carboxylic acids is 1. The highest BCUT2D eigenvalue weighted by Crippen LogP contribution is 2.15. The van der Waals surface area contributed by atoms with Crippen LogP contribution in [-0.2, 0) is 9.53 Å². The zero-order valence-electron chi connectivity index (χ0n) is 9.48. The molecule has 0 aliphatic rings. The maximum absolute atomic E-state index is 13.4. The van der Waals surface area contributed by atoms with Crippen molar-refractivity contribution in [3.05, 3.63) is 29.6 Å². The van der Waals surface area contributed by atoms with Gasteiger partial charge in [0.05, 0.1) is 12.3 Å². The molecule has 0 aliphatic heterocycles. The summed E-state index contributed by atoms with van der Waals surface area (Å²) in [6, 6.07) is 3.81. The van der Waals surface area contributed by atoms with Crippen LogP contribution in [0.4, 0.5) is 10.1 Å². The lowest BCUT2D eigenvalue weighted by Gasteiger charge is -2.08. The van der Waals surface area contributed by atoms with Gasteiger partial charge in [-0.1, -0.05) is 0 Å². The predicted octanol–water partition coefficient (Wildman–Crippen LogP) is 0.438. The molecule has 1 aromatic rings. The molecular formula is C11H13FN2O4. The molecule has 98 valence electrons. The first-order chi connectivity index (χ1) is 8.50. The average molecular weight is 256 g/mol. The second-order valence-corrected chi connectivity index (χ2v) is 3.43. The summed E-state index contributed by atoms with van der Waals surface area (Å²) in [7, 11) is 0. The van der Waals surface area contributed by atoms with Crippen molar-refractivity contribution in [2.24, 2.45) is 5.73 Å². The number of carboxylic acid groups (broad SMARTS) is 1. The Labute approximate surface area is 103 Å². The first-order valence-corrected chi connectivity index (χ1v) is 5.13. The first-order valence-electron chi connectivity index (χ1n) is 5.13. The summed E-state index contributed by atoms with van der Waals surface area (Å²) >= 11 is 0. The summed E-state index contributed by atoms with van der Waals surface area (Å²) in [5, 5.41) is 11.0. The van der Waals surface area contributed by atoms with E-state index in [1.54, 1.807) is 0 Å². The molecule has 1 amide bonds. The molecule has 0 fully saturated rings. The number of amides is 1. The lowest BCUT2D eigenvalue weighted by atomic mass is 10.2. The summed E-state index contributed by atoms with van der Waals surface area (Å²) in [5.74, 6) is -2.37. The van der Waals surface area contributed by atoms with Gasteiger partial charge in [-0.25, -0.2) is 9.18 Å². The van der Waals surface area contributed by atoms with Gasteiger partial charge in [-0.2, -0.15) is 0 Å². The van der Waals surface area contributed by atoms with E-state index >= 15 is 0 Å². The van der Waals surface area contributed by atoms with Gasteiger partial charge in [0.1, 0.15) is 12.4 Å². The maximum Gasteiger partial charge on any atom is 0.329 e. The van der Waals surface area contributed by atoms with E-state index in [2.05, 4.69) is 5.32 Å². The van der Waals surface area contributed by atoms with Crippen LogP contribution in [0.2, 0.25) is 0 Å². The predicted molar refractivity (Wildman–Crippen MR) is 61.9 cm³/mol. The fourth-order valence-electron chi connectivity index (χ4n) is 1.23. The molecule has 0 aromatic heterocycles. The molecule has 6 nitrogen and oxygen atoms in total. The van der Waals surface area contributed by atoms with Crippen molar-refractivity contribution in [3.8, 4) is 0 Å². The molecule has 0 radical (unpaired) electrons. The number of carbonyl (C=O) groups excluding carboxylic acids is 1. The molecule has 0 spiro atoms. The van der Waals surface area contributed by atoms with E-state index in [0.717, 1.165) is 6.07 Å². The Morgan fingerprint density at radius 1 is 1.44 bits per heavy atom. The molecule has 1 rings (SSSR count). The van der Waals surface area contributed by atoms with Crippen LogP contribution >= 0.6 is 0 Å². The smallest absolute Gasteiger partial charge is 0.329 e. The summed E-state index contributed by atoms with van der Waals surface area (Å²) in [6.07, 6.45) is 0. The van der Waals surface area contributed by atoms with Crippen molar-refractivity contribution in [2.75, 3.05) is 25.1 Å². The SMILES string of the molecule is NC(=O)c1ccc(NCCOCC(=O)O)c(F)c1. The van der Waals surface area contributed by atoms with Gasteiger partial charge in [-0.05, 0) is 18.2 Å². The van der Waals surface area contributed by atoms with Crippen molar-refractivity contribution in [1.29, 1.82) is 0 Å². The van der Waals surface area contributed by atoms with Gasteiger partial charge >= 0.3 is 5.97 Å². The third-order valence-corrected chi connectivity index (χ3v) is 2.04. The number of primary amides is 1. The Bertz CT molecular complexity index is 451. The fourth-order valence-corrected chi connectivity index (χ4v) is 1.23. The van der Waals surface area contributed by atoms with Gasteiger partial charge in [-0.15, -0.1) is 0 Å². The van der Waals surface area contributed by atoms with Crippen LogP contribution < -0.4 is 11.1 Å². The normalized spacial score (nSPS) is 10.1. The largest absolute Gasteiger partial charge is 0.480 e. The van der Waals surface area contributed by atoms with Crippen molar-refractivity contribution < 1.29 is 23.8 Å². The van der Waals surface area contributed by atoms with Crippen LogP contribution in [0.25, 0.3) is 0 Å². The van der Waals surface area contributed by atoms with Crippen molar-refractivity contribution in [2.45, 2.75) is 0 Å². The number of halogens is 1. The van der Waals surface area contributed by atoms with E-state index in [4.69, 9.17) is 15.6 Å². The standard InChI is InChI=1S/C11H13FN2O4/c12-8-5-7(11(13)17)1-2-9(8)14-3-4-18-6-10(15)16/h1-2,5,14H,3-4,6H2,(H2,13,17)(H,15,16). The van der Waals surface area contributed by atoms with Crippen molar-refractivity contribution >= 4 is 17.6 Å². The quantitative estimate of drug-likeness (QED) is 0.614. The summed E-state index contributed by atoms with van der Waals surface area (Å²) in [6.45, 7) is -0.0196. The first kappa shape index (κ1) is 13.9. The second kappa shape index (κ2) is 6.55. The number of ether oxygens (including phenoxy) is 1. The Morgan fingerprint density at radius 2 is 2.17 bits per heavy atom. The minimum absolute atomic E-state index is 0.0835. The van der Waals surface area contributed by atoms with E-state index < -0.39 is 24.3 Å². The number of hydrogen-bond donors (Lipinski definition) is 3. The molecule has 4 N–H and O–H groups in total. The minimum atomic E-state index is -1.06. The number of carbonyl (C=O) groups is 2. The molecule has 18 heavy (non-hydrogen) atoms. The van der Waals surface area contributed by atoms with Crippen LogP contribution in [0.5, 0.6) is 0 Å². The molecule has 0 saturated carbocycles. The number of rotatable bonds is 7. The number of nitrogens with two attached hydrogens (primary N) is 1. The maximum atomic E-state index is 13.4. The number of benzene rings is 1. The number of hydrogen-bond acceptors (Lipinski definition) is 4. The highest BCUT2D eigenvalue weighted by Gasteiger charge is 2.06. The van der Waals surface area contributed by atoms with Crippen LogP contribution in [0.15, 0.2) is 18.2 Å². The third kappa shape index (κ3) is 4.38. The van der Waals surface area contributed by atoms with Gasteiger partial charge in [0.15, 0.2) is 0 Å². The van der Waals surface area contributed by atoms with Gasteiger partial charge < -0.3 is 20.9 Å². The molecule has 0 bridgehead atoms. The Morgan fingerprint density at radius 3 is 2.72 bits per heavy atom. The Balaban J connectivity index is 2.43. The zero-order valence-corrected chi connectivity index (χ0v) is 9.48. The average Bonchev–Trinajstić information content (AvgIpc) is 2.29. The molecule has 1 aromatic carbocycles. The topological polar surface area (TPSA) is 102 Å². The lowest BCUT2D eigenvalue weighted by Crippen LogP contribution is -2.15. The van der Waals surface area contributed by atoms with Crippen LogP contribution in [0, 0.1) is 5.82 Å². The molecule has 0 heterocycles. The lowest BCUT2D eigenvalue weighted by molar-refractivity contribution is -0.142. The summed E-state index contributed by atoms with van der Waals surface area (Å²) < 4.78 is 18.2. The van der Waals surface area contributed by atoms with Gasteiger partial charge in [0, 0.05) is 12.1 Å². The van der Waals surface area contributed by atoms with E-state index in [0.29, 0.717) is 0 Å². The van der Waals surface area contributed by atoms with Crippen LogP contribution in [-0.4, -0.2) is 36.7 Å². The molecular weight excluding hydrogens is 243 g/mol. The molecule has 7 heteroatoms. The van der Waals surface area contributed by atoms with E-state index in [9.17, 15) is 14.0 Å². The minimum Gasteiger partial charge on any atom is -0.480 e. The number of carboxylic acids is 1. The Hall–Kier alpha value is -2.15. The van der Waals surface area contributed by atoms with Gasteiger partial charge in [0.25, 0.3) is 0 Å². The molecule has 0 atom stereocenters. The fraction of sp³-hybridized carbons (Fsp3) is 0.273. The second-order valence-electron chi connectivity index (χ2n) is 3.43. The van der Waals surface area contributed by atoms with Crippen molar-refractivity contribution in [1.82, 2.24) is 0 Å². The number of anilines is 1. The monoisotopic (exact) mass is 256 g/mol. The zero-order chi connectivity index (χ0) is 13.5. The molecule has 0 unspecified atom stereocenters.